The van der Waals surface area contributed by atoms with Crippen LogP contribution in [0.1, 0.15) is 11.1 Å². The van der Waals surface area contributed by atoms with E-state index in [4.69, 9.17) is 16.3 Å². The smallest absolute Gasteiger partial charge is 0.471 e. The van der Waals surface area contributed by atoms with Gasteiger partial charge in [0.1, 0.15) is 5.75 Å². The number of nitrogens with one attached hydrogen (secondary N) is 2. The number of benzene rings is 2. The minimum Gasteiger partial charge on any atom is -0.484 e. The van der Waals surface area contributed by atoms with Crippen molar-refractivity contribution in [3.63, 3.8) is 0 Å². The summed E-state index contributed by atoms with van der Waals surface area (Å²) in [4.78, 5) is 22.9. The lowest BCUT2D eigenvalue weighted by Crippen LogP contribution is -2.30. The molecule has 0 aliphatic rings. The molecule has 0 aromatic heterocycles. The Morgan fingerprint density at radius 3 is 2.15 bits per heavy atom. The zero-order valence-electron chi connectivity index (χ0n) is 14.4. The molecule has 27 heavy (non-hydrogen) atoms. The van der Waals surface area contributed by atoms with Gasteiger partial charge in [-0.1, -0.05) is 17.7 Å². The summed E-state index contributed by atoms with van der Waals surface area (Å²) in [6.07, 6.45) is -5.00. The lowest BCUT2D eigenvalue weighted by Gasteiger charge is -2.12. The summed E-state index contributed by atoms with van der Waals surface area (Å²) in [5.74, 6) is -2.14. The van der Waals surface area contributed by atoms with Gasteiger partial charge in [0.2, 0.25) is 0 Å². The summed E-state index contributed by atoms with van der Waals surface area (Å²) < 4.78 is 42.3. The van der Waals surface area contributed by atoms with Crippen LogP contribution in [0.3, 0.4) is 0 Å². The lowest BCUT2D eigenvalue weighted by atomic mass is 10.1. The molecule has 0 bridgehead atoms. The van der Waals surface area contributed by atoms with E-state index in [0.29, 0.717) is 10.8 Å². The van der Waals surface area contributed by atoms with E-state index in [2.05, 4.69) is 5.32 Å². The molecule has 0 unspecified atom stereocenters. The number of anilines is 2. The van der Waals surface area contributed by atoms with Gasteiger partial charge in [-0.15, -0.1) is 0 Å². The fraction of sp³-hybridized carbons (Fsp3) is 0.222. The Morgan fingerprint density at radius 1 is 1.04 bits per heavy atom. The molecule has 0 radical (unpaired) electrons. The van der Waals surface area contributed by atoms with Crippen LogP contribution >= 0.6 is 11.6 Å². The number of carbonyl (C=O) groups is 2. The van der Waals surface area contributed by atoms with E-state index in [-0.39, 0.29) is 18.0 Å². The van der Waals surface area contributed by atoms with Crippen LogP contribution < -0.4 is 15.4 Å². The quantitative estimate of drug-likeness (QED) is 0.777. The Hall–Kier alpha value is -2.74. The number of alkyl halides is 3. The van der Waals surface area contributed by atoms with Crippen molar-refractivity contribution in [2.75, 3.05) is 17.2 Å². The number of hydrogen-bond donors (Lipinski definition) is 2. The van der Waals surface area contributed by atoms with Crippen molar-refractivity contribution >= 4 is 34.8 Å². The maximum Gasteiger partial charge on any atom is 0.471 e. The average Bonchev–Trinajstić information content (AvgIpc) is 2.57. The van der Waals surface area contributed by atoms with Crippen LogP contribution in [0.2, 0.25) is 5.02 Å². The highest BCUT2D eigenvalue weighted by Crippen LogP contribution is 2.26. The first-order chi connectivity index (χ1) is 12.6. The molecule has 5 nitrogen and oxygen atoms in total. The van der Waals surface area contributed by atoms with Crippen molar-refractivity contribution in [3.05, 3.63) is 52.5 Å². The second kappa shape index (κ2) is 8.30. The molecule has 0 spiro atoms. The number of carbonyl (C=O) groups excluding carboxylic acids is 2. The highest BCUT2D eigenvalue weighted by Gasteiger charge is 2.38. The van der Waals surface area contributed by atoms with Crippen LogP contribution in [0.15, 0.2) is 36.4 Å². The van der Waals surface area contributed by atoms with E-state index in [1.165, 1.54) is 24.3 Å². The van der Waals surface area contributed by atoms with Crippen molar-refractivity contribution < 1.29 is 27.5 Å². The molecular formula is C18H16ClF3N2O3. The molecule has 0 saturated heterocycles. The number of amides is 2. The van der Waals surface area contributed by atoms with Gasteiger partial charge in [0.25, 0.3) is 5.91 Å². The minimum absolute atomic E-state index is 0.0972. The van der Waals surface area contributed by atoms with E-state index >= 15 is 0 Å². The van der Waals surface area contributed by atoms with E-state index < -0.39 is 18.0 Å². The third kappa shape index (κ3) is 5.89. The van der Waals surface area contributed by atoms with Crippen LogP contribution in [-0.2, 0) is 9.59 Å². The van der Waals surface area contributed by atoms with Gasteiger partial charge in [0, 0.05) is 16.4 Å². The highest BCUT2D eigenvalue weighted by molar-refractivity contribution is 6.32. The second-order valence-corrected chi connectivity index (χ2v) is 6.12. The fourth-order valence-corrected chi connectivity index (χ4v) is 2.32. The van der Waals surface area contributed by atoms with Gasteiger partial charge in [0.15, 0.2) is 6.61 Å². The Labute approximate surface area is 158 Å². The number of hydrogen-bond acceptors (Lipinski definition) is 3. The topological polar surface area (TPSA) is 67.4 Å². The second-order valence-electron chi connectivity index (χ2n) is 5.74. The van der Waals surface area contributed by atoms with Crippen LogP contribution in [0.25, 0.3) is 0 Å². The van der Waals surface area contributed by atoms with E-state index in [9.17, 15) is 22.8 Å². The molecule has 0 atom stereocenters. The molecule has 2 aromatic carbocycles. The normalized spacial score (nSPS) is 11.0. The summed E-state index contributed by atoms with van der Waals surface area (Å²) in [6.45, 7) is 3.31. The molecule has 0 aliphatic carbocycles. The molecule has 0 saturated carbocycles. The van der Waals surface area contributed by atoms with Gasteiger partial charge in [-0.05, 0) is 55.3 Å². The molecule has 0 fully saturated rings. The summed E-state index contributed by atoms with van der Waals surface area (Å²) in [7, 11) is 0. The highest BCUT2D eigenvalue weighted by atomic mass is 35.5. The van der Waals surface area contributed by atoms with E-state index in [0.717, 1.165) is 11.1 Å². The maximum absolute atomic E-state index is 12.3. The lowest BCUT2D eigenvalue weighted by molar-refractivity contribution is -0.167. The Bertz CT molecular complexity index is 846. The van der Waals surface area contributed by atoms with Gasteiger partial charge in [-0.25, -0.2) is 0 Å². The number of halogens is 4. The summed E-state index contributed by atoms with van der Waals surface area (Å²) in [5, 5.41) is 4.81. The van der Waals surface area contributed by atoms with Crippen molar-refractivity contribution in [3.8, 4) is 5.75 Å². The largest absolute Gasteiger partial charge is 0.484 e. The van der Waals surface area contributed by atoms with Gasteiger partial charge < -0.3 is 15.4 Å². The van der Waals surface area contributed by atoms with Gasteiger partial charge in [-0.2, -0.15) is 13.2 Å². The van der Waals surface area contributed by atoms with Crippen LogP contribution in [0.5, 0.6) is 5.75 Å². The molecule has 9 heteroatoms. The van der Waals surface area contributed by atoms with Crippen molar-refractivity contribution in [2.45, 2.75) is 20.0 Å². The molecule has 0 heterocycles. The van der Waals surface area contributed by atoms with Gasteiger partial charge >= 0.3 is 12.1 Å². The van der Waals surface area contributed by atoms with Gasteiger partial charge in [-0.3, -0.25) is 9.59 Å². The third-order valence-electron chi connectivity index (χ3n) is 3.44. The van der Waals surface area contributed by atoms with E-state index in [1.54, 1.807) is 17.4 Å². The Kier molecular flexibility index (Phi) is 6.32. The SMILES string of the molecule is Cc1cc(OCC(=O)Nc2cccc(NC(=O)C(F)(F)F)c2)cc(C)c1Cl. The maximum atomic E-state index is 12.3. The summed E-state index contributed by atoms with van der Waals surface area (Å²) in [5.41, 5.74) is 1.73. The zero-order chi connectivity index (χ0) is 20.2. The van der Waals surface area contributed by atoms with Crippen LogP contribution in [0, 0.1) is 13.8 Å². The van der Waals surface area contributed by atoms with Crippen LogP contribution in [0.4, 0.5) is 24.5 Å². The molecule has 0 aliphatic heterocycles. The molecule has 2 amide bonds. The average molecular weight is 401 g/mol. The Balaban J connectivity index is 1.96. The predicted molar refractivity (Wildman–Crippen MR) is 96.2 cm³/mol. The standard InChI is InChI=1S/C18H16ClF3N2O3/c1-10-6-14(7-11(2)16(10)19)27-9-15(25)23-12-4-3-5-13(8-12)24-17(26)18(20,21)22/h3-8H,9H2,1-2H3,(H,23,25)(H,24,26). The van der Waals surface area contributed by atoms with Crippen molar-refractivity contribution in [2.24, 2.45) is 0 Å². The zero-order valence-corrected chi connectivity index (χ0v) is 15.2. The number of aryl methyl sites for hydroxylation is 2. The number of ether oxygens (including phenoxy) is 1. The number of rotatable bonds is 5. The van der Waals surface area contributed by atoms with Crippen molar-refractivity contribution in [1.82, 2.24) is 0 Å². The molecule has 2 rings (SSSR count). The Morgan fingerprint density at radius 2 is 1.59 bits per heavy atom. The monoisotopic (exact) mass is 400 g/mol. The van der Waals surface area contributed by atoms with Crippen LogP contribution in [-0.4, -0.2) is 24.6 Å². The van der Waals surface area contributed by atoms with E-state index in [1.807, 2.05) is 13.8 Å². The molecule has 144 valence electrons. The molecule has 2 N–H and O–H groups in total. The first-order valence-corrected chi connectivity index (χ1v) is 8.11. The molecular weight excluding hydrogens is 385 g/mol. The van der Waals surface area contributed by atoms with Crippen molar-refractivity contribution in [1.29, 1.82) is 0 Å². The summed E-state index contributed by atoms with van der Waals surface area (Å²) >= 11 is 6.06. The molecule has 2 aromatic rings. The first-order valence-electron chi connectivity index (χ1n) is 7.74. The first kappa shape index (κ1) is 20.6. The predicted octanol–water partition coefficient (Wildman–Crippen LogP) is 4.48. The minimum atomic E-state index is -5.00. The third-order valence-corrected chi connectivity index (χ3v) is 4.04. The fourth-order valence-electron chi connectivity index (χ4n) is 2.21. The van der Waals surface area contributed by atoms with Gasteiger partial charge in [0.05, 0.1) is 0 Å². The summed E-state index contributed by atoms with van der Waals surface area (Å²) in [6, 6.07) is 8.73.